The van der Waals surface area contributed by atoms with E-state index < -0.39 is 0 Å². The van der Waals surface area contributed by atoms with Crippen LogP contribution >= 0.6 is 51.3 Å². The second-order valence-electron chi connectivity index (χ2n) is 5.22. The summed E-state index contributed by atoms with van der Waals surface area (Å²) in [5, 5.41) is 3.50. The fraction of sp³-hybridized carbons (Fsp3) is 0.667. The van der Waals surface area contributed by atoms with Gasteiger partial charge in [-0.15, -0.1) is 23.7 Å². The third kappa shape index (κ3) is 3.05. The monoisotopic (exact) mass is 370 g/mol. The topological polar surface area (TPSA) is 15.3 Å². The Hall–Kier alpha value is 0.680. The second kappa shape index (κ2) is 5.98. The molecule has 3 heterocycles. The van der Waals surface area contributed by atoms with E-state index in [4.69, 9.17) is 11.6 Å². The Morgan fingerprint density at radius 3 is 2.94 bits per heavy atom. The summed E-state index contributed by atoms with van der Waals surface area (Å²) in [7, 11) is 0. The van der Waals surface area contributed by atoms with E-state index in [0.717, 1.165) is 15.4 Å². The molecule has 0 radical (unpaired) electrons. The zero-order chi connectivity index (χ0) is 11.9. The number of likely N-dealkylation sites (tertiary alicyclic amines) is 1. The Labute approximate surface area is 132 Å². The molecule has 0 aliphatic carbocycles. The predicted octanol–water partition coefficient (Wildman–Crippen LogP) is 3.77. The lowest BCUT2D eigenvalue weighted by molar-refractivity contribution is 0.270. The van der Waals surface area contributed by atoms with Crippen LogP contribution in [0, 0.1) is 5.41 Å². The average Bonchev–Trinajstić information content (AvgIpc) is 2.96. The molecule has 2 saturated heterocycles. The van der Waals surface area contributed by atoms with Crippen molar-refractivity contribution in [3.63, 3.8) is 0 Å². The Morgan fingerprint density at radius 1 is 1.50 bits per heavy atom. The third-order valence-electron chi connectivity index (χ3n) is 3.93. The van der Waals surface area contributed by atoms with Crippen molar-refractivity contribution in [2.75, 3.05) is 26.2 Å². The SMILES string of the molecule is Cl.Clc1sc(CN2CCC3(CCNC3)C2)cc1Br. The molecular weight excluding hydrogens is 355 g/mol. The van der Waals surface area contributed by atoms with Gasteiger partial charge >= 0.3 is 0 Å². The first-order chi connectivity index (χ1) is 8.17. The van der Waals surface area contributed by atoms with Crippen LogP contribution in [0.25, 0.3) is 0 Å². The molecule has 1 N–H and O–H groups in total. The van der Waals surface area contributed by atoms with Crippen molar-refractivity contribution in [3.05, 3.63) is 19.8 Å². The van der Waals surface area contributed by atoms with E-state index in [1.54, 1.807) is 11.3 Å². The molecular formula is C12H17BrCl2N2S. The zero-order valence-corrected chi connectivity index (χ0v) is 14.0. The van der Waals surface area contributed by atoms with Crippen LogP contribution in [0.5, 0.6) is 0 Å². The molecule has 2 aliphatic rings. The summed E-state index contributed by atoms with van der Waals surface area (Å²) < 4.78 is 1.91. The molecule has 2 nitrogen and oxygen atoms in total. The van der Waals surface area contributed by atoms with Crippen LogP contribution in [0.15, 0.2) is 10.5 Å². The maximum atomic E-state index is 6.08. The van der Waals surface area contributed by atoms with E-state index in [1.165, 1.54) is 43.9 Å². The highest BCUT2D eigenvalue weighted by atomic mass is 79.9. The first kappa shape index (κ1) is 15.1. The average molecular weight is 372 g/mol. The van der Waals surface area contributed by atoms with Gasteiger partial charge < -0.3 is 5.32 Å². The summed E-state index contributed by atoms with van der Waals surface area (Å²) >= 11 is 11.2. The molecule has 18 heavy (non-hydrogen) atoms. The van der Waals surface area contributed by atoms with Crippen LogP contribution in [0.3, 0.4) is 0 Å². The van der Waals surface area contributed by atoms with Gasteiger partial charge in [0.05, 0.1) is 0 Å². The maximum absolute atomic E-state index is 6.08. The Bertz CT molecular complexity index is 399. The van der Waals surface area contributed by atoms with E-state index in [-0.39, 0.29) is 12.4 Å². The van der Waals surface area contributed by atoms with Crippen LogP contribution in [0.4, 0.5) is 0 Å². The van der Waals surface area contributed by atoms with Gasteiger partial charge in [0.25, 0.3) is 0 Å². The molecule has 102 valence electrons. The molecule has 0 amide bonds. The van der Waals surface area contributed by atoms with Crippen LogP contribution in [-0.2, 0) is 6.54 Å². The molecule has 0 aromatic carbocycles. The van der Waals surface area contributed by atoms with Gasteiger partial charge in [-0.25, -0.2) is 0 Å². The first-order valence-corrected chi connectivity index (χ1v) is 8.02. The lowest BCUT2D eigenvalue weighted by Crippen LogP contribution is -2.28. The minimum atomic E-state index is 0. The van der Waals surface area contributed by atoms with Crippen molar-refractivity contribution < 1.29 is 0 Å². The van der Waals surface area contributed by atoms with Gasteiger partial charge in [0.2, 0.25) is 0 Å². The van der Waals surface area contributed by atoms with Crippen LogP contribution in [0.2, 0.25) is 4.34 Å². The quantitative estimate of drug-likeness (QED) is 0.851. The fourth-order valence-corrected chi connectivity index (χ4v) is 4.83. The maximum Gasteiger partial charge on any atom is 0.107 e. The first-order valence-electron chi connectivity index (χ1n) is 6.04. The summed E-state index contributed by atoms with van der Waals surface area (Å²) in [5.41, 5.74) is 0.568. The zero-order valence-electron chi connectivity index (χ0n) is 10.0. The van der Waals surface area contributed by atoms with Gasteiger partial charge in [-0.1, -0.05) is 11.6 Å². The number of halogens is 3. The number of rotatable bonds is 2. The van der Waals surface area contributed by atoms with Crippen LogP contribution < -0.4 is 5.32 Å². The third-order valence-corrected chi connectivity index (χ3v) is 6.38. The molecule has 2 fully saturated rings. The van der Waals surface area contributed by atoms with E-state index in [0.29, 0.717) is 5.41 Å². The summed E-state index contributed by atoms with van der Waals surface area (Å²) in [4.78, 5) is 3.94. The smallest absolute Gasteiger partial charge is 0.107 e. The van der Waals surface area contributed by atoms with Gasteiger partial charge in [-0.3, -0.25) is 4.90 Å². The van der Waals surface area contributed by atoms with Gasteiger partial charge in [0.15, 0.2) is 0 Å². The molecule has 1 aromatic rings. The molecule has 2 aliphatic heterocycles. The lowest BCUT2D eigenvalue weighted by Gasteiger charge is -2.22. The minimum absolute atomic E-state index is 0. The van der Waals surface area contributed by atoms with Gasteiger partial charge in [-0.2, -0.15) is 0 Å². The summed E-state index contributed by atoms with van der Waals surface area (Å²) in [5.74, 6) is 0. The highest BCUT2D eigenvalue weighted by Crippen LogP contribution is 2.38. The molecule has 3 rings (SSSR count). The highest BCUT2D eigenvalue weighted by molar-refractivity contribution is 9.10. The summed E-state index contributed by atoms with van der Waals surface area (Å²) in [6.07, 6.45) is 2.69. The van der Waals surface area contributed by atoms with Gasteiger partial charge in [0, 0.05) is 29.0 Å². The molecule has 1 unspecified atom stereocenters. The van der Waals surface area contributed by atoms with Crippen molar-refractivity contribution in [1.29, 1.82) is 0 Å². The van der Waals surface area contributed by atoms with Crippen molar-refractivity contribution in [2.45, 2.75) is 19.4 Å². The second-order valence-corrected chi connectivity index (χ2v) is 7.81. The van der Waals surface area contributed by atoms with E-state index in [9.17, 15) is 0 Å². The van der Waals surface area contributed by atoms with Crippen molar-refractivity contribution in [3.8, 4) is 0 Å². The standard InChI is InChI=1S/C12H16BrClN2S.ClH/c13-10-5-9(17-11(10)14)6-16-4-2-12(8-16)1-3-15-7-12;/h5,15H,1-4,6-8H2;1H. The van der Waals surface area contributed by atoms with E-state index in [2.05, 4.69) is 32.2 Å². The Balaban J connectivity index is 0.00000120. The lowest BCUT2D eigenvalue weighted by atomic mass is 9.87. The van der Waals surface area contributed by atoms with Gasteiger partial charge in [0.1, 0.15) is 4.34 Å². The highest BCUT2D eigenvalue weighted by Gasteiger charge is 2.40. The molecule has 1 aromatic heterocycles. The van der Waals surface area contributed by atoms with Gasteiger partial charge in [-0.05, 0) is 53.3 Å². The normalized spacial score (nSPS) is 27.9. The van der Waals surface area contributed by atoms with Crippen molar-refractivity contribution in [2.24, 2.45) is 5.41 Å². The van der Waals surface area contributed by atoms with E-state index >= 15 is 0 Å². The Morgan fingerprint density at radius 2 is 2.33 bits per heavy atom. The molecule has 1 atom stereocenters. The molecule has 1 spiro atoms. The van der Waals surface area contributed by atoms with Crippen LogP contribution in [-0.4, -0.2) is 31.1 Å². The molecule has 6 heteroatoms. The number of hydrogen-bond donors (Lipinski definition) is 1. The number of thiophene rings is 1. The fourth-order valence-electron chi connectivity index (χ4n) is 3.00. The summed E-state index contributed by atoms with van der Waals surface area (Å²) in [6.45, 7) is 5.93. The van der Waals surface area contributed by atoms with Crippen molar-refractivity contribution >= 4 is 51.3 Å². The van der Waals surface area contributed by atoms with Crippen molar-refractivity contribution in [1.82, 2.24) is 10.2 Å². The number of nitrogens with zero attached hydrogens (tertiary/aromatic N) is 1. The predicted molar refractivity (Wildman–Crippen MR) is 84.1 cm³/mol. The number of nitrogens with one attached hydrogen (secondary N) is 1. The summed E-state index contributed by atoms with van der Waals surface area (Å²) in [6, 6.07) is 2.16. The van der Waals surface area contributed by atoms with E-state index in [1.807, 2.05) is 0 Å². The largest absolute Gasteiger partial charge is 0.316 e. The number of hydrogen-bond acceptors (Lipinski definition) is 3. The Kier molecular flexibility index (Phi) is 5.01. The minimum Gasteiger partial charge on any atom is -0.316 e. The van der Waals surface area contributed by atoms with Crippen LogP contribution in [0.1, 0.15) is 17.7 Å². The molecule has 0 bridgehead atoms. The molecule has 0 saturated carbocycles.